The summed E-state index contributed by atoms with van der Waals surface area (Å²) in [6.45, 7) is 7.04. The third-order valence-corrected chi connectivity index (χ3v) is 4.41. The van der Waals surface area contributed by atoms with Crippen LogP contribution < -0.4 is 11.1 Å². The third kappa shape index (κ3) is 5.43. The second kappa shape index (κ2) is 8.16. The second-order valence-corrected chi connectivity index (χ2v) is 6.93. The largest absolute Gasteiger partial charge is 0.351 e. The van der Waals surface area contributed by atoms with Gasteiger partial charge in [-0.3, -0.25) is 9.69 Å². The monoisotopic (exact) mass is 345 g/mol. The highest BCUT2D eigenvalue weighted by molar-refractivity contribution is 6.30. The van der Waals surface area contributed by atoms with E-state index in [2.05, 4.69) is 24.1 Å². The van der Waals surface area contributed by atoms with Crippen molar-refractivity contribution in [2.45, 2.75) is 32.9 Å². The number of nitrogens with zero attached hydrogens (tertiary/aromatic N) is 1. The van der Waals surface area contributed by atoms with Gasteiger partial charge in [-0.25, -0.2) is 0 Å². The van der Waals surface area contributed by atoms with Gasteiger partial charge in [-0.2, -0.15) is 0 Å². The van der Waals surface area contributed by atoms with Crippen LogP contribution in [0.25, 0.3) is 0 Å². The van der Waals surface area contributed by atoms with Crippen molar-refractivity contribution >= 4 is 29.9 Å². The van der Waals surface area contributed by atoms with Crippen molar-refractivity contribution in [1.29, 1.82) is 0 Å². The van der Waals surface area contributed by atoms with Gasteiger partial charge in [-0.1, -0.05) is 37.6 Å². The van der Waals surface area contributed by atoms with Crippen LogP contribution in [0, 0.1) is 5.41 Å². The van der Waals surface area contributed by atoms with Crippen molar-refractivity contribution < 1.29 is 4.79 Å². The van der Waals surface area contributed by atoms with Gasteiger partial charge in [0.1, 0.15) is 0 Å². The molecular formula is C16H25Cl2N3O. The topological polar surface area (TPSA) is 58.4 Å². The highest BCUT2D eigenvalue weighted by Crippen LogP contribution is 2.27. The van der Waals surface area contributed by atoms with E-state index >= 15 is 0 Å². The number of nitrogens with one attached hydrogen (secondary N) is 1. The van der Waals surface area contributed by atoms with E-state index in [4.69, 9.17) is 17.3 Å². The molecule has 1 unspecified atom stereocenters. The summed E-state index contributed by atoms with van der Waals surface area (Å²) in [4.78, 5) is 14.2. The maximum atomic E-state index is 12.0. The van der Waals surface area contributed by atoms with Crippen molar-refractivity contribution in [3.8, 4) is 0 Å². The molecule has 1 fully saturated rings. The van der Waals surface area contributed by atoms with E-state index in [0.29, 0.717) is 18.1 Å². The Balaban J connectivity index is 0.00000242. The molecule has 6 heteroatoms. The fourth-order valence-electron chi connectivity index (χ4n) is 2.68. The predicted molar refractivity (Wildman–Crippen MR) is 93.4 cm³/mol. The fourth-order valence-corrected chi connectivity index (χ4v) is 2.81. The zero-order valence-corrected chi connectivity index (χ0v) is 14.7. The first-order valence-corrected chi connectivity index (χ1v) is 7.74. The lowest BCUT2D eigenvalue weighted by atomic mass is 9.80. The number of piperidine rings is 1. The van der Waals surface area contributed by atoms with Crippen molar-refractivity contribution in [2.24, 2.45) is 11.1 Å². The second-order valence-electron chi connectivity index (χ2n) is 6.50. The maximum absolute atomic E-state index is 12.0. The smallest absolute Gasteiger partial charge is 0.234 e. The molecule has 1 aliphatic heterocycles. The molecule has 1 aromatic carbocycles. The van der Waals surface area contributed by atoms with Crippen LogP contribution in [-0.4, -0.2) is 36.5 Å². The number of likely N-dealkylation sites (tertiary alicyclic amines) is 1. The lowest BCUT2D eigenvalue weighted by Gasteiger charge is -2.42. The Morgan fingerprint density at radius 1 is 1.41 bits per heavy atom. The number of carbonyl (C=O) groups excluding carboxylic acids is 1. The maximum Gasteiger partial charge on any atom is 0.234 e. The molecule has 0 spiro atoms. The molecule has 1 aromatic rings. The molecule has 0 aliphatic carbocycles. The summed E-state index contributed by atoms with van der Waals surface area (Å²) in [5.41, 5.74) is 7.23. The number of hydrogen-bond donors (Lipinski definition) is 2. The lowest BCUT2D eigenvalue weighted by Crippen LogP contribution is -2.54. The van der Waals surface area contributed by atoms with Gasteiger partial charge in [0.25, 0.3) is 0 Å². The molecule has 22 heavy (non-hydrogen) atoms. The average molecular weight is 346 g/mol. The van der Waals surface area contributed by atoms with Gasteiger partial charge < -0.3 is 11.1 Å². The van der Waals surface area contributed by atoms with Crippen LogP contribution in [0.4, 0.5) is 0 Å². The summed E-state index contributed by atoms with van der Waals surface area (Å²) in [5, 5.41) is 3.65. The lowest BCUT2D eigenvalue weighted by molar-refractivity contribution is -0.123. The van der Waals surface area contributed by atoms with E-state index in [9.17, 15) is 4.79 Å². The normalized spacial score (nSPS) is 21.0. The summed E-state index contributed by atoms with van der Waals surface area (Å²) in [7, 11) is 0. The van der Waals surface area contributed by atoms with Gasteiger partial charge >= 0.3 is 0 Å². The molecule has 0 saturated carbocycles. The molecule has 0 bridgehead atoms. The van der Waals surface area contributed by atoms with Crippen LogP contribution in [-0.2, 0) is 11.3 Å². The molecule has 3 N–H and O–H groups in total. The molecule has 0 radical (unpaired) electrons. The van der Waals surface area contributed by atoms with Crippen LogP contribution in [0.2, 0.25) is 5.02 Å². The highest BCUT2D eigenvalue weighted by Gasteiger charge is 2.33. The Labute approximate surface area is 143 Å². The number of carbonyl (C=O) groups is 1. The molecule has 1 atom stereocenters. The average Bonchev–Trinajstić information content (AvgIpc) is 2.42. The van der Waals surface area contributed by atoms with Crippen LogP contribution in [0.1, 0.15) is 25.8 Å². The molecule has 124 valence electrons. The van der Waals surface area contributed by atoms with E-state index in [0.717, 1.165) is 25.1 Å². The van der Waals surface area contributed by atoms with E-state index in [1.165, 1.54) is 0 Å². The van der Waals surface area contributed by atoms with E-state index in [-0.39, 0.29) is 29.8 Å². The number of hydrogen-bond acceptors (Lipinski definition) is 3. The van der Waals surface area contributed by atoms with Crippen molar-refractivity contribution in [3.05, 3.63) is 34.9 Å². The summed E-state index contributed by atoms with van der Waals surface area (Å²) >= 11 is 5.84. The predicted octanol–water partition coefficient (Wildman–Crippen LogP) is 2.44. The van der Waals surface area contributed by atoms with Crippen LogP contribution in [0.15, 0.2) is 24.3 Å². The number of nitrogens with two attached hydrogens (primary N) is 1. The minimum atomic E-state index is 0. The van der Waals surface area contributed by atoms with Gasteiger partial charge in [0.2, 0.25) is 5.91 Å². The SMILES string of the molecule is CC1(C)CN(CC(=O)NCc2ccc(Cl)cc2)CCC1N.Cl. The molecule has 0 aromatic heterocycles. The van der Waals surface area contributed by atoms with Crippen molar-refractivity contribution in [2.75, 3.05) is 19.6 Å². The van der Waals surface area contributed by atoms with E-state index in [1.807, 2.05) is 24.3 Å². The summed E-state index contributed by atoms with van der Waals surface area (Å²) in [6.07, 6.45) is 0.942. The van der Waals surface area contributed by atoms with Gasteiger partial charge in [0, 0.05) is 30.7 Å². The number of rotatable bonds is 4. The molecule has 2 rings (SSSR count). The molecule has 1 saturated heterocycles. The van der Waals surface area contributed by atoms with Crippen molar-refractivity contribution in [1.82, 2.24) is 10.2 Å². The Kier molecular flexibility index (Phi) is 7.13. The summed E-state index contributed by atoms with van der Waals surface area (Å²) < 4.78 is 0. The van der Waals surface area contributed by atoms with Crippen molar-refractivity contribution in [3.63, 3.8) is 0 Å². The van der Waals surface area contributed by atoms with Gasteiger partial charge in [-0.15, -0.1) is 12.4 Å². The Morgan fingerprint density at radius 3 is 2.64 bits per heavy atom. The zero-order chi connectivity index (χ0) is 15.5. The van der Waals surface area contributed by atoms with Gasteiger partial charge in [0.05, 0.1) is 6.54 Å². The summed E-state index contributed by atoms with van der Waals surface area (Å²) in [6, 6.07) is 7.72. The quantitative estimate of drug-likeness (QED) is 0.880. The van der Waals surface area contributed by atoms with Crippen LogP contribution >= 0.6 is 24.0 Å². The molecule has 1 amide bonds. The van der Waals surface area contributed by atoms with E-state index in [1.54, 1.807) is 0 Å². The number of amides is 1. The Hall–Kier alpha value is -0.810. The van der Waals surface area contributed by atoms with E-state index < -0.39 is 0 Å². The first-order chi connectivity index (χ1) is 9.87. The number of halogens is 2. The fraction of sp³-hybridized carbons (Fsp3) is 0.562. The third-order valence-electron chi connectivity index (χ3n) is 4.16. The Morgan fingerprint density at radius 2 is 2.05 bits per heavy atom. The molecule has 4 nitrogen and oxygen atoms in total. The molecular weight excluding hydrogens is 321 g/mol. The minimum Gasteiger partial charge on any atom is -0.351 e. The van der Waals surface area contributed by atoms with Crippen LogP contribution in [0.3, 0.4) is 0 Å². The standard InChI is InChI=1S/C16H24ClN3O.ClH/c1-16(2)11-20(8-7-14(16)18)10-15(21)19-9-12-3-5-13(17)6-4-12;/h3-6,14H,7-11,18H2,1-2H3,(H,19,21);1H. The van der Waals surface area contributed by atoms with Gasteiger partial charge in [-0.05, 0) is 29.5 Å². The number of benzene rings is 1. The minimum absolute atomic E-state index is 0. The van der Waals surface area contributed by atoms with Crippen LogP contribution in [0.5, 0.6) is 0 Å². The summed E-state index contributed by atoms with van der Waals surface area (Å²) in [5.74, 6) is 0.0521. The Bertz CT molecular complexity index is 491. The highest BCUT2D eigenvalue weighted by atomic mass is 35.5. The zero-order valence-electron chi connectivity index (χ0n) is 13.1. The van der Waals surface area contributed by atoms with Gasteiger partial charge in [0.15, 0.2) is 0 Å². The first-order valence-electron chi connectivity index (χ1n) is 7.36. The molecule has 1 aliphatic rings. The molecule has 1 heterocycles. The first kappa shape index (κ1) is 19.2.